The third kappa shape index (κ3) is 3.74. The molecule has 2 heterocycles. The van der Waals surface area contributed by atoms with E-state index in [-0.39, 0.29) is 0 Å². The summed E-state index contributed by atoms with van der Waals surface area (Å²) in [5.41, 5.74) is 5.58. The second-order valence-corrected chi connectivity index (χ2v) is 7.66. The maximum atomic E-state index is 4.61. The molecule has 26 heavy (non-hydrogen) atoms. The quantitative estimate of drug-likeness (QED) is 0.918. The molecular weight excluding hydrogens is 322 g/mol. The van der Waals surface area contributed by atoms with Gasteiger partial charge in [0.05, 0.1) is 0 Å². The Morgan fingerprint density at radius 2 is 1.88 bits per heavy atom. The molecule has 1 saturated heterocycles. The lowest BCUT2D eigenvalue weighted by Crippen LogP contribution is -2.45. The van der Waals surface area contributed by atoms with E-state index in [1.54, 1.807) is 0 Å². The predicted molar refractivity (Wildman–Crippen MR) is 105 cm³/mol. The number of rotatable bonds is 4. The lowest BCUT2D eigenvalue weighted by Gasteiger charge is -2.32. The van der Waals surface area contributed by atoms with Crippen molar-refractivity contribution in [3.63, 3.8) is 0 Å². The van der Waals surface area contributed by atoms with Crippen LogP contribution in [0, 0.1) is 6.92 Å². The molecule has 1 aromatic heterocycles. The van der Waals surface area contributed by atoms with Gasteiger partial charge in [-0.1, -0.05) is 18.2 Å². The highest BCUT2D eigenvalue weighted by Gasteiger charge is 2.21. The molecule has 0 bridgehead atoms. The predicted octanol–water partition coefficient (Wildman–Crippen LogP) is 2.70. The molecule has 2 aliphatic rings. The molecule has 138 valence electrons. The molecular formula is C21H29N5. The van der Waals surface area contributed by atoms with E-state index in [0.29, 0.717) is 6.04 Å². The molecule has 0 saturated carbocycles. The number of fused-ring (bicyclic) bond motifs is 1. The monoisotopic (exact) mass is 351 g/mol. The molecule has 1 atom stereocenters. The molecule has 5 nitrogen and oxygen atoms in total. The first kappa shape index (κ1) is 17.4. The lowest BCUT2D eigenvalue weighted by molar-refractivity contribution is 0.311. The first-order chi connectivity index (χ1) is 12.7. The maximum Gasteiger partial charge on any atom is 0.225 e. The SMILES string of the molecule is Cc1cccc2c1C(NCc1cnc(N3CCN(C)CC3)nc1)CCC2. The minimum atomic E-state index is 0.442. The van der Waals surface area contributed by atoms with E-state index in [4.69, 9.17) is 0 Å². The number of aromatic nitrogens is 2. The van der Waals surface area contributed by atoms with Crippen molar-refractivity contribution < 1.29 is 0 Å². The number of hydrogen-bond acceptors (Lipinski definition) is 5. The van der Waals surface area contributed by atoms with Gasteiger partial charge in [-0.15, -0.1) is 0 Å². The normalized spacial score (nSPS) is 20.8. The van der Waals surface area contributed by atoms with Crippen molar-refractivity contribution >= 4 is 5.95 Å². The molecule has 1 aromatic carbocycles. The summed E-state index contributed by atoms with van der Waals surface area (Å²) in [5.74, 6) is 0.862. The van der Waals surface area contributed by atoms with E-state index in [9.17, 15) is 0 Å². The van der Waals surface area contributed by atoms with Crippen molar-refractivity contribution in [1.29, 1.82) is 0 Å². The van der Waals surface area contributed by atoms with Gasteiger partial charge in [-0.2, -0.15) is 0 Å². The van der Waals surface area contributed by atoms with E-state index in [0.717, 1.165) is 44.2 Å². The van der Waals surface area contributed by atoms with Crippen LogP contribution in [0.25, 0.3) is 0 Å². The largest absolute Gasteiger partial charge is 0.338 e. The van der Waals surface area contributed by atoms with Gasteiger partial charge in [-0.3, -0.25) is 0 Å². The van der Waals surface area contributed by atoms with Gasteiger partial charge >= 0.3 is 0 Å². The molecule has 2 aromatic rings. The summed E-state index contributed by atoms with van der Waals surface area (Å²) >= 11 is 0. The van der Waals surface area contributed by atoms with Crippen molar-refractivity contribution in [3.05, 3.63) is 52.8 Å². The zero-order valence-electron chi connectivity index (χ0n) is 15.9. The Bertz CT molecular complexity index is 735. The summed E-state index contributed by atoms with van der Waals surface area (Å²) < 4.78 is 0. The average molecular weight is 351 g/mol. The molecule has 0 spiro atoms. The Labute approximate surface area is 156 Å². The van der Waals surface area contributed by atoms with E-state index < -0.39 is 0 Å². The van der Waals surface area contributed by atoms with Crippen LogP contribution in [0.4, 0.5) is 5.95 Å². The number of nitrogens with zero attached hydrogens (tertiary/aromatic N) is 4. The Morgan fingerprint density at radius 3 is 2.65 bits per heavy atom. The Balaban J connectivity index is 1.39. The summed E-state index contributed by atoms with van der Waals surface area (Å²) in [5, 5.41) is 3.74. The van der Waals surface area contributed by atoms with Crippen LogP contribution >= 0.6 is 0 Å². The van der Waals surface area contributed by atoms with Gasteiger partial charge in [0.15, 0.2) is 0 Å². The van der Waals surface area contributed by atoms with Gasteiger partial charge in [-0.05, 0) is 49.9 Å². The van der Waals surface area contributed by atoms with E-state index in [2.05, 4.69) is 57.3 Å². The van der Waals surface area contributed by atoms with Crippen LogP contribution in [-0.2, 0) is 13.0 Å². The third-order valence-electron chi connectivity index (χ3n) is 5.73. The maximum absolute atomic E-state index is 4.61. The Morgan fingerprint density at radius 1 is 1.12 bits per heavy atom. The third-order valence-corrected chi connectivity index (χ3v) is 5.73. The summed E-state index contributed by atoms with van der Waals surface area (Å²) in [4.78, 5) is 13.8. The van der Waals surface area contributed by atoms with Crippen molar-refractivity contribution in [1.82, 2.24) is 20.2 Å². The van der Waals surface area contributed by atoms with Gasteiger partial charge in [0.1, 0.15) is 0 Å². The number of aryl methyl sites for hydroxylation is 2. The molecule has 1 aliphatic carbocycles. The molecule has 1 aliphatic heterocycles. The van der Waals surface area contributed by atoms with Gasteiger partial charge in [0.25, 0.3) is 0 Å². The fourth-order valence-corrected chi connectivity index (χ4v) is 4.15. The standard InChI is InChI=1S/C21H29N5/c1-16-5-3-6-18-7-4-8-19(20(16)18)22-13-17-14-23-21(24-15-17)26-11-9-25(2)10-12-26/h3,5-6,14-15,19,22H,4,7-13H2,1-2H3. The van der Waals surface area contributed by atoms with Crippen LogP contribution in [0.3, 0.4) is 0 Å². The first-order valence-corrected chi connectivity index (χ1v) is 9.77. The topological polar surface area (TPSA) is 44.3 Å². The number of nitrogens with one attached hydrogen (secondary N) is 1. The van der Waals surface area contributed by atoms with Crippen LogP contribution in [-0.4, -0.2) is 48.1 Å². The van der Waals surface area contributed by atoms with Crippen LogP contribution in [0.1, 0.15) is 41.1 Å². The number of piperazine rings is 1. The summed E-state index contributed by atoms with van der Waals surface area (Å²) in [6.45, 7) is 7.22. The van der Waals surface area contributed by atoms with Gasteiger partial charge in [0, 0.05) is 56.7 Å². The van der Waals surface area contributed by atoms with Crippen molar-refractivity contribution in [2.45, 2.75) is 38.8 Å². The molecule has 5 heteroatoms. The van der Waals surface area contributed by atoms with Crippen molar-refractivity contribution in [2.75, 3.05) is 38.1 Å². The minimum Gasteiger partial charge on any atom is -0.338 e. The summed E-state index contributed by atoms with van der Waals surface area (Å²) in [6, 6.07) is 7.13. The fourth-order valence-electron chi connectivity index (χ4n) is 4.15. The number of anilines is 1. The summed E-state index contributed by atoms with van der Waals surface area (Å²) in [6.07, 6.45) is 7.63. The van der Waals surface area contributed by atoms with Gasteiger partial charge in [0.2, 0.25) is 5.95 Å². The molecule has 1 unspecified atom stereocenters. The number of likely N-dealkylation sites (N-methyl/N-ethyl adjacent to an activating group) is 1. The van der Waals surface area contributed by atoms with Crippen LogP contribution in [0.5, 0.6) is 0 Å². The molecule has 0 amide bonds. The van der Waals surface area contributed by atoms with Crippen LogP contribution in [0.2, 0.25) is 0 Å². The molecule has 4 rings (SSSR count). The second-order valence-electron chi connectivity index (χ2n) is 7.66. The van der Waals surface area contributed by atoms with E-state index in [1.165, 1.54) is 36.0 Å². The zero-order chi connectivity index (χ0) is 17.9. The fraction of sp³-hybridized carbons (Fsp3) is 0.524. The first-order valence-electron chi connectivity index (χ1n) is 9.77. The minimum absolute atomic E-state index is 0.442. The second kappa shape index (κ2) is 7.72. The summed E-state index contributed by atoms with van der Waals surface area (Å²) in [7, 11) is 2.16. The Kier molecular flexibility index (Phi) is 5.18. The Hall–Kier alpha value is -1.98. The number of hydrogen-bond donors (Lipinski definition) is 1. The molecule has 0 radical (unpaired) electrons. The number of benzene rings is 1. The zero-order valence-corrected chi connectivity index (χ0v) is 15.9. The highest BCUT2D eigenvalue weighted by molar-refractivity contribution is 5.39. The van der Waals surface area contributed by atoms with Gasteiger partial charge in [-0.25, -0.2) is 9.97 Å². The highest BCUT2D eigenvalue weighted by atomic mass is 15.3. The van der Waals surface area contributed by atoms with Crippen molar-refractivity contribution in [2.24, 2.45) is 0 Å². The highest BCUT2D eigenvalue weighted by Crippen LogP contribution is 2.32. The molecule has 1 N–H and O–H groups in total. The van der Waals surface area contributed by atoms with Crippen LogP contribution in [0.15, 0.2) is 30.6 Å². The lowest BCUT2D eigenvalue weighted by atomic mass is 9.85. The average Bonchev–Trinajstić information content (AvgIpc) is 2.67. The van der Waals surface area contributed by atoms with E-state index >= 15 is 0 Å². The van der Waals surface area contributed by atoms with E-state index in [1.807, 2.05) is 12.4 Å². The smallest absolute Gasteiger partial charge is 0.225 e. The van der Waals surface area contributed by atoms with Crippen molar-refractivity contribution in [3.8, 4) is 0 Å². The van der Waals surface area contributed by atoms with Gasteiger partial charge < -0.3 is 15.1 Å². The van der Waals surface area contributed by atoms with Crippen LogP contribution < -0.4 is 10.2 Å². The molecule has 1 fully saturated rings.